The fraction of sp³-hybridized carbons (Fsp3) is 0.333. The molecule has 0 unspecified atom stereocenters. The Morgan fingerprint density at radius 3 is 2.73 bits per heavy atom. The van der Waals surface area contributed by atoms with Gasteiger partial charge in [-0.1, -0.05) is 0 Å². The zero-order chi connectivity index (χ0) is 15.9. The predicted octanol–water partition coefficient (Wildman–Crippen LogP) is 2.05. The van der Waals surface area contributed by atoms with Gasteiger partial charge in [0.25, 0.3) is 5.56 Å². The van der Waals surface area contributed by atoms with E-state index < -0.39 is 17.5 Å². The van der Waals surface area contributed by atoms with Crippen LogP contribution in [0.4, 0.5) is 13.2 Å². The summed E-state index contributed by atoms with van der Waals surface area (Å²) >= 11 is 0. The Bertz CT molecular complexity index is 788. The highest BCUT2D eigenvalue weighted by atomic mass is 19.2. The van der Waals surface area contributed by atoms with E-state index in [-0.39, 0.29) is 17.7 Å². The van der Waals surface area contributed by atoms with Crippen molar-refractivity contribution < 1.29 is 13.2 Å². The highest BCUT2D eigenvalue weighted by Gasteiger charge is 2.22. The lowest BCUT2D eigenvalue weighted by Crippen LogP contribution is -2.35. The summed E-state index contributed by atoms with van der Waals surface area (Å²) in [7, 11) is 0. The van der Waals surface area contributed by atoms with Crippen LogP contribution in [0.5, 0.6) is 0 Å². The van der Waals surface area contributed by atoms with Crippen molar-refractivity contribution in [2.45, 2.75) is 26.4 Å². The van der Waals surface area contributed by atoms with Gasteiger partial charge < -0.3 is 4.98 Å². The molecule has 116 valence electrons. The highest BCUT2D eigenvalue weighted by molar-refractivity contribution is 5.23. The van der Waals surface area contributed by atoms with Crippen molar-refractivity contribution in [3.05, 3.63) is 62.6 Å². The summed E-state index contributed by atoms with van der Waals surface area (Å²) < 4.78 is 39.9. The molecule has 0 bridgehead atoms. The molecule has 2 heterocycles. The number of hydrogen-bond acceptors (Lipinski definition) is 3. The molecule has 1 aromatic carbocycles. The minimum Gasteiger partial charge on any atom is -0.310 e. The second-order valence-corrected chi connectivity index (χ2v) is 5.39. The standard InChI is InChI=1S/C15H14F3N3O/c1-8-19-14-2-3-21(7-10(14)15(22)20-8)6-9-4-12(17)13(18)5-11(9)16/h4-5H,2-3,6-7H2,1H3,(H,19,20,22). The molecule has 22 heavy (non-hydrogen) atoms. The molecule has 0 atom stereocenters. The molecule has 7 heteroatoms. The molecule has 0 saturated heterocycles. The first-order chi connectivity index (χ1) is 10.4. The maximum absolute atomic E-state index is 13.7. The summed E-state index contributed by atoms with van der Waals surface area (Å²) in [6.45, 7) is 2.69. The Kier molecular flexibility index (Phi) is 3.74. The molecule has 4 nitrogen and oxygen atoms in total. The molecule has 0 radical (unpaired) electrons. The normalized spacial score (nSPS) is 14.9. The van der Waals surface area contributed by atoms with Gasteiger partial charge in [0.15, 0.2) is 11.6 Å². The van der Waals surface area contributed by atoms with Crippen molar-refractivity contribution in [3.8, 4) is 0 Å². The SMILES string of the molecule is Cc1nc2c(c(=O)[nH]1)CN(Cc1cc(F)c(F)cc1F)CC2. The van der Waals surface area contributed by atoms with Crippen molar-refractivity contribution in [2.24, 2.45) is 0 Å². The molecule has 0 saturated carbocycles. The molecule has 1 aromatic heterocycles. The number of hydrogen-bond donors (Lipinski definition) is 1. The smallest absolute Gasteiger partial charge is 0.255 e. The first kappa shape index (κ1) is 14.8. The van der Waals surface area contributed by atoms with Gasteiger partial charge in [-0.15, -0.1) is 0 Å². The number of aromatic nitrogens is 2. The third kappa shape index (κ3) is 2.76. The predicted molar refractivity (Wildman–Crippen MR) is 73.7 cm³/mol. The van der Waals surface area contributed by atoms with Crippen molar-refractivity contribution in [3.63, 3.8) is 0 Å². The maximum Gasteiger partial charge on any atom is 0.255 e. The molecular formula is C15H14F3N3O. The van der Waals surface area contributed by atoms with Gasteiger partial charge >= 0.3 is 0 Å². The van der Waals surface area contributed by atoms with E-state index in [1.807, 2.05) is 4.90 Å². The lowest BCUT2D eigenvalue weighted by atomic mass is 10.1. The second kappa shape index (κ2) is 5.57. The van der Waals surface area contributed by atoms with Crippen LogP contribution in [0.3, 0.4) is 0 Å². The van der Waals surface area contributed by atoms with Crippen LogP contribution in [0.25, 0.3) is 0 Å². The number of nitrogens with zero attached hydrogens (tertiary/aromatic N) is 2. The number of rotatable bonds is 2. The summed E-state index contributed by atoms with van der Waals surface area (Å²) in [5.41, 5.74) is 1.14. The Morgan fingerprint density at radius 2 is 1.95 bits per heavy atom. The van der Waals surface area contributed by atoms with Crippen LogP contribution in [0, 0.1) is 24.4 Å². The molecule has 1 aliphatic rings. The second-order valence-electron chi connectivity index (χ2n) is 5.39. The van der Waals surface area contributed by atoms with E-state index in [0.717, 1.165) is 11.8 Å². The van der Waals surface area contributed by atoms with Crippen LogP contribution in [-0.2, 0) is 19.5 Å². The number of fused-ring (bicyclic) bond motifs is 1. The van der Waals surface area contributed by atoms with Gasteiger partial charge in [0.2, 0.25) is 0 Å². The van der Waals surface area contributed by atoms with Gasteiger partial charge in [-0.2, -0.15) is 0 Å². The number of aromatic amines is 1. The fourth-order valence-corrected chi connectivity index (χ4v) is 2.67. The van der Waals surface area contributed by atoms with Crippen molar-refractivity contribution in [1.29, 1.82) is 0 Å². The van der Waals surface area contributed by atoms with E-state index in [4.69, 9.17) is 0 Å². The topological polar surface area (TPSA) is 49.0 Å². The van der Waals surface area contributed by atoms with Crippen molar-refractivity contribution >= 4 is 0 Å². The van der Waals surface area contributed by atoms with E-state index in [0.29, 0.717) is 37.0 Å². The Balaban J connectivity index is 1.84. The monoisotopic (exact) mass is 309 g/mol. The Morgan fingerprint density at radius 1 is 1.23 bits per heavy atom. The van der Waals surface area contributed by atoms with Gasteiger partial charge in [0.1, 0.15) is 11.6 Å². The molecular weight excluding hydrogens is 295 g/mol. The maximum atomic E-state index is 13.7. The first-order valence-electron chi connectivity index (χ1n) is 6.88. The van der Waals surface area contributed by atoms with Crippen LogP contribution < -0.4 is 5.56 Å². The first-order valence-corrected chi connectivity index (χ1v) is 6.88. The minimum atomic E-state index is -1.21. The van der Waals surface area contributed by atoms with E-state index in [1.54, 1.807) is 6.92 Å². The number of H-pyrrole nitrogens is 1. The zero-order valence-corrected chi connectivity index (χ0v) is 11.9. The van der Waals surface area contributed by atoms with E-state index in [9.17, 15) is 18.0 Å². The van der Waals surface area contributed by atoms with Crippen LogP contribution in [0.15, 0.2) is 16.9 Å². The largest absolute Gasteiger partial charge is 0.310 e. The van der Waals surface area contributed by atoms with Gasteiger partial charge in [-0.3, -0.25) is 9.69 Å². The summed E-state index contributed by atoms with van der Waals surface area (Å²) in [5, 5.41) is 0. The lowest BCUT2D eigenvalue weighted by Gasteiger charge is -2.27. The van der Waals surface area contributed by atoms with Crippen molar-refractivity contribution in [1.82, 2.24) is 14.9 Å². The Hall–Kier alpha value is -2.15. The third-order valence-corrected chi connectivity index (χ3v) is 3.75. The van der Waals surface area contributed by atoms with Crippen molar-refractivity contribution in [2.75, 3.05) is 6.54 Å². The number of nitrogens with one attached hydrogen (secondary N) is 1. The molecule has 0 amide bonds. The van der Waals surface area contributed by atoms with E-state index >= 15 is 0 Å². The number of aryl methyl sites for hydroxylation is 1. The summed E-state index contributed by atoms with van der Waals surface area (Å²) in [6, 6.07) is 1.40. The molecule has 2 aromatic rings. The number of benzene rings is 1. The highest BCUT2D eigenvalue weighted by Crippen LogP contribution is 2.19. The molecule has 3 rings (SSSR count). The van der Waals surface area contributed by atoms with Crippen LogP contribution >= 0.6 is 0 Å². The minimum absolute atomic E-state index is 0.0684. The fourth-order valence-electron chi connectivity index (χ4n) is 2.67. The molecule has 0 aliphatic carbocycles. The third-order valence-electron chi connectivity index (χ3n) is 3.75. The quantitative estimate of drug-likeness (QED) is 0.864. The molecule has 0 fully saturated rings. The van der Waals surface area contributed by atoms with Gasteiger partial charge in [-0.25, -0.2) is 18.2 Å². The summed E-state index contributed by atoms with van der Waals surface area (Å²) in [4.78, 5) is 20.7. The lowest BCUT2D eigenvalue weighted by molar-refractivity contribution is 0.237. The van der Waals surface area contributed by atoms with E-state index in [1.165, 1.54) is 0 Å². The average molecular weight is 309 g/mol. The number of halogens is 3. The van der Waals surface area contributed by atoms with Gasteiger partial charge in [-0.05, 0) is 13.0 Å². The average Bonchev–Trinajstić information content (AvgIpc) is 2.45. The van der Waals surface area contributed by atoms with Crippen LogP contribution in [0.1, 0.15) is 22.6 Å². The summed E-state index contributed by atoms with van der Waals surface area (Å²) in [6.07, 6.45) is 0.561. The van der Waals surface area contributed by atoms with Gasteiger partial charge in [0, 0.05) is 37.7 Å². The Labute approximate surface area is 124 Å². The molecule has 0 spiro atoms. The summed E-state index contributed by atoms with van der Waals surface area (Å²) in [5.74, 6) is -2.52. The molecule has 1 aliphatic heterocycles. The zero-order valence-electron chi connectivity index (χ0n) is 11.9. The van der Waals surface area contributed by atoms with Crippen LogP contribution in [0.2, 0.25) is 0 Å². The van der Waals surface area contributed by atoms with Gasteiger partial charge in [0.05, 0.1) is 11.3 Å². The van der Waals surface area contributed by atoms with E-state index in [2.05, 4.69) is 9.97 Å². The van der Waals surface area contributed by atoms with Crippen LogP contribution in [-0.4, -0.2) is 21.4 Å². The molecule has 1 N–H and O–H groups in total.